The summed E-state index contributed by atoms with van der Waals surface area (Å²) < 4.78 is 18.0. The fourth-order valence-corrected chi connectivity index (χ4v) is 3.94. The van der Waals surface area contributed by atoms with Gasteiger partial charge >= 0.3 is 0 Å². The summed E-state index contributed by atoms with van der Waals surface area (Å²) in [7, 11) is 3.22. The molecule has 0 unspecified atom stereocenters. The third-order valence-corrected chi connectivity index (χ3v) is 5.63. The highest BCUT2D eigenvalue weighted by molar-refractivity contribution is 5.91. The molecule has 9 heteroatoms. The van der Waals surface area contributed by atoms with Crippen molar-refractivity contribution in [1.29, 1.82) is 0 Å². The first-order valence-electron chi connectivity index (χ1n) is 10.3. The molecule has 4 aromatic rings. The fourth-order valence-electron chi connectivity index (χ4n) is 3.94. The smallest absolute Gasteiger partial charge is 0.289 e. The summed E-state index contributed by atoms with van der Waals surface area (Å²) in [5.41, 5.74) is 2.49. The van der Waals surface area contributed by atoms with E-state index >= 15 is 0 Å². The Kier molecular flexibility index (Phi) is 5.14. The summed E-state index contributed by atoms with van der Waals surface area (Å²) in [6.45, 7) is 2.47. The molecule has 32 heavy (non-hydrogen) atoms. The maximum Gasteiger partial charge on any atom is 0.289 e. The standard InChI is InChI=1S/C23H23N5O4/c1-30-18-6-5-16(14-20(18)31-2)17-15-21-24-7-8-28(21)23(25-17)27-11-9-26(10-12-27)22(29)19-4-3-13-32-19/h3-8,13-15H,9-12H2,1-2H3. The summed E-state index contributed by atoms with van der Waals surface area (Å²) in [5, 5.41) is 0. The van der Waals surface area contributed by atoms with Crippen LogP contribution in [0.25, 0.3) is 16.9 Å². The zero-order valence-corrected chi connectivity index (χ0v) is 17.9. The van der Waals surface area contributed by atoms with E-state index in [0.29, 0.717) is 43.4 Å². The number of imidazole rings is 1. The van der Waals surface area contributed by atoms with Crippen LogP contribution in [-0.4, -0.2) is 65.6 Å². The minimum absolute atomic E-state index is 0.0885. The van der Waals surface area contributed by atoms with Crippen LogP contribution in [0, 0.1) is 0 Å². The third-order valence-electron chi connectivity index (χ3n) is 5.63. The molecule has 1 aliphatic heterocycles. The molecule has 0 bridgehead atoms. The van der Waals surface area contributed by atoms with E-state index < -0.39 is 0 Å². The van der Waals surface area contributed by atoms with Crippen molar-refractivity contribution >= 4 is 17.5 Å². The number of amides is 1. The molecule has 0 N–H and O–H groups in total. The van der Waals surface area contributed by atoms with Gasteiger partial charge in [-0.25, -0.2) is 9.97 Å². The van der Waals surface area contributed by atoms with Crippen LogP contribution < -0.4 is 14.4 Å². The molecule has 3 aromatic heterocycles. The number of hydrogen-bond acceptors (Lipinski definition) is 7. The van der Waals surface area contributed by atoms with E-state index in [-0.39, 0.29) is 5.91 Å². The van der Waals surface area contributed by atoms with Crippen LogP contribution in [0.15, 0.2) is 59.5 Å². The summed E-state index contributed by atoms with van der Waals surface area (Å²) in [6.07, 6.45) is 5.18. The molecule has 1 aromatic carbocycles. The van der Waals surface area contributed by atoms with Crippen LogP contribution in [0.3, 0.4) is 0 Å². The van der Waals surface area contributed by atoms with E-state index in [4.69, 9.17) is 18.9 Å². The van der Waals surface area contributed by atoms with Crippen molar-refractivity contribution in [3.8, 4) is 22.8 Å². The maximum atomic E-state index is 12.6. The van der Waals surface area contributed by atoms with Gasteiger partial charge in [-0.2, -0.15) is 0 Å². The van der Waals surface area contributed by atoms with Gasteiger partial charge in [0, 0.05) is 50.2 Å². The number of piperazine rings is 1. The number of anilines is 1. The van der Waals surface area contributed by atoms with Crippen molar-refractivity contribution in [3.05, 3.63) is 60.8 Å². The zero-order chi connectivity index (χ0) is 22.1. The van der Waals surface area contributed by atoms with Gasteiger partial charge in [-0.1, -0.05) is 0 Å². The average Bonchev–Trinajstić information content (AvgIpc) is 3.55. The van der Waals surface area contributed by atoms with Gasteiger partial charge in [-0.05, 0) is 30.3 Å². The molecular formula is C23H23N5O4. The largest absolute Gasteiger partial charge is 0.493 e. The Morgan fingerprint density at radius 3 is 2.56 bits per heavy atom. The molecule has 164 valence electrons. The molecule has 0 spiro atoms. The van der Waals surface area contributed by atoms with Crippen molar-refractivity contribution < 1.29 is 18.7 Å². The van der Waals surface area contributed by atoms with Crippen molar-refractivity contribution in [2.75, 3.05) is 45.3 Å². The lowest BCUT2D eigenvalue weighted by Crippen LogP contribution is -2.49. The van der Waals surface area contributed by atoms with Gasteiger partial charge in [0.05, 0.1) is 26.2 Å². The Morgan fingerprint density at radius 2 is 1.84 bits per heavy atom. The number of fused-ring (bicyclic) bond motifs is 1. The number of nitrogens with zero attached hydrogens (tertiary/aromatic N) is 5. The molecule has 9 nitrogen and oxygen atoms in total. The number of methoxy groups -OCH3 is 2. The Balaban J connectivity index is 1.44. The molecule has 0 radical (unpaired) electrons. The van der Waals surface area contributed by atoms with Gasteiger partial charge in [0.15, 0.2) is 17.3 Å². The predicted octanol–water partition coefficient (Wildman–Crippen LogP) is 2.97. The Hall–Kier alpha value is -4.01. The number of ether oxygens (including phenoxy) is 2. The number of aromatic nitrogens is 3. The van der Waals surface area contributed by atoms with Gasteiger partial charge in [-0.3, -0.25) is 9.20 Å². The van der Waals surface area contributed by atoms with Crippen molar-refractivity contribution in [1.82, 2.24) is 19.3 Å². The van der Waals surface area contributed by atoms with Crippen LogP contribution in [0.4, 0.5) is 5.95 Å². The Labute approximate surface area is 184 Å². The van der Waals surface area contributed by atoms with Crippen molar-refractivity contribution in [2.24, 2.45) is 0 Å². The van der Waals surface area contributed by atoms with Gasteiger partial charge in [0.1, 0.15) is 5.65 Å². The topological polar surface area (TPSA) is 85.3 Å². The first kappa shape index (κ1) is 19.9. The van der Waals surface area contributed by atoms with E-state index in [0.717, 1.165) is 22.9 Å². The lowest BCUT2D eigenvalue weighted by Gasteiger charge is -2.35. The number of benzene rings is 1. The first-order valence-corrected chi connectivity index (χ1v) is 10.3. The van der Waals surface area contributed by atoms with Gasteiger partial charge in [0.2, 0.25) is 5.95 Å². The van der Waals surface area contributed by atoms with Crippen molar-refractivity contribution in [3.63, 3.8) is 0 Å². The van der Waals surface area contributed by atoms with Gasteiger partial charge in [0.25, 0.3) is 5.91 Å². The second-order valence-corrected chi connectivity index (χ2v) is 7.42. The summed E-state index contributed by atoms with van der Waals surface area (Å²) >= 11 is 0. The van der Waals surface area contributed by atoms with Crippen molar-refractivity contribution in [2.45, 2.75) is 0 Å². The third kappa shape index (κ3) is 3.51. The highest BCUT2D eigenvalue weighted by Crippen LogP contribution is 2.33. The second kappa shape index (κ2) is 8.26. The molecule has 0 aliphatic carbocycles. The SMILES string of the molecule is COc1ccc(-c2cc3nccn3c(N3CCN(C(=O)c4ccco4)CC3)n2)cc1OC. The summed E-state index contributed by atoms with van der Waals surface area (Å²) in [6, 6.07) is 11.1. The monoisotopic (exact) mass is 433 g/mol. The zero-order valence-electron chi connectivity index (χ0n) is 17.9. The average molecular weight is 433 g/mol. The minimum Gasteiger partial charge on any atom is -0.493 e. The van der Waals surface area contributed by atoms with E-state index in [1.165, 1.54) is 6.26 Å². The van der Waals surface area contributed by atoms with Crippen LogP contribution in [0.2, 0.25) is 0 Å². The second-order valence-electron chi connectivity index (χ2n) is 7.42. The maximum absolute atomic E-state index is 12.6. The van der Waals surface area contributed by atoms with Crippen LogP contribution in [0.5, 0.6) is 11.5 Å². The van der Waals surface area contributed by atoms with E-state index in [9.17, 15) is 4.79 Å². The number of rotatable bonds is 5. The number of carbonyl (C=O) groups excluding carboxylic acids is 1. The lowest BCUT2D eigenvalue weighted by molar-refractivity contribution is 0.0714. The summed E-state index contributed by atoms with van der Waals surface area (Å²) in [4.78, 5) is 26.0. The molecule has 1 fully saturated rings. The van der Waals surface area contributed by atoms with Crippen LogP contribution in [-0.2, 0) is 0 Å². The molecule has 1 saturated heterocycles. The Bertz CT molecular complexity index is 1240. The van der Waals surface area contributed by atoms with Crippen LogP contribution >= 0.6 is 0 Å². The first-order chi connectivity index (χ1) is 15.7. The molecule has 1 aliphatic rings. The molecular weight excluding hydrogens is 410 g/mol. The van der Waals surface area contributed by atoms with Gasteiger partial charge < -0.3 is 23.7 Å². The van der Waals surface area contributed by atoms with E-state index in [1.807, 2.05) is 34.9 Å². The fraction of sp³-hybridized carbons (Fsp3) is 0.261. The molecule has 5 rings (SSSR count). The highest BCUT2D eigenvalue weighted by Gasteiger charge is 2.26. The molecule has 4 heterocycles. The lowest BCUT2D eigenvalue weighted by atomic mass is 10.1. The van der Waals surface area contributed by atoms with Gasteiger partial charge in [-0.15, -0.1) is 0 Å². The van der Waals surface area contributed by atoms with Crippen LogP contribution in [0.1, 0.15) is 10.6 Å². The number of carbonyl (C=O) groups is 1. The van der Waals surface area contributed by atoms with E-state index in [2.05, 4.69) is 9.88 Å². The normalized spacial score (nSPS) is 14.1. The quantitative estimate of drug-likeness (QED) is 0.478. The predicted molar refractivity (Wildman–Crippen MR) is 118 cm³/mol. The summed E-state index contributed by atoms with van der Waals surface area (Å²) in [5.74, 6) is 2.37. The Morgan fingerprint density at radius 1 is 1.03 bits per heavy atom. The minimum atomic E-state index is -0.0885. The molecule has 0 saturated carbocycles. The number of furan rings is 1. The molecule has 0 atom stereocenters. The highest BCUT2D eigenvalue weighted by atomic mass is 16.5. The molecule has 1 amide bonds. The van der Waals surface area contributed by atoms with E-state index in [1.54, 1.807) is 37.4 Å². The number of hydrogen-bond donors (Lipinski definition) is 0.